The molecule has 0 unspecified atom stereocenters. The summed E-state index contributed by atoms with van der Waals surface area (Å²) in [7, 11) is 0. The zero-order valence-corrected chi connectivity index (χ0v) is 11.4. The van der Waals surface area contributed by atoms with Crippen molar-refractivity contribution in [1.82, 2.24) is 5.32 Å². The molecule has 0 heterocycles. The number of amides is 1. The van der Waals surface area contributed by atoms with Gasteiger partial charge in [-0.05, 0) is 24.3 Å². The summed E-state index contributed by atoms with van der Waals surface area (Å²) in [5.74, 6) is -0.196. The zero-order chi connectivity index (χ0) is 14.4. The van der Waals surface area contributed by atoms with Gasteiger partial charge in [0.15, 0.2) is 0 Å². The van der Waals surface area contributed by atoms with Crippen molar-refractivity contribution < 1.29 is 13.9 Å². The number of hydrogen-bond acceptors (Lipinski definition) is 2. The topological polar surface area (TPSA) is 38.3 Å². The van der Waals surface area contributed by atoms with E-state index in [2.05, 4.69) is 5.32 Å². The van der Waals surface area contributed by atoms with Crippen molar-refractivity contribution in [1.29, 1.82) is 0 Å². The highest BCUT2D eigenvalue weighted by molar-refractivity contribution is 6.33. The number of benzene rings is 2. The van der Waals surface area contributed by atoms with E-state index >= 15 is 0 Å². The van der Waals surface area contributed by atoms with Gasteiger partial charge in [0.2, 0.25) is 0 Å². The SMILES string of the molecule is O=C(NCCOc1cccc(F)c1)c1ccccc1Cl. The number of ether oxygens (including phenoxy) is 1. The van der Waals surface area contributed by atoms with E-state index in [9.17, 15) is 9.18 Å². The monoisotopic (exact) mass is 293 g/mol. The fourth-order valence-corrected chi connectivity index (χ4v) is 1.85. The molecular formula is C15H13ClFNO2. The quantitative estimate of drug-likeness (QED) is 0.859. The van der Waals surface area contributed by atoms with Crippen LogP contribution in [0.4, 0.5) is 4.39 Å². The Labute approximate surface area is 121 Å². The minimum absolute atomic E-state index is 0.250. The number of halogens is 2. The molecule has 2 rings (SSSR count). The molecule has 20 heavy (non-hydrogen) atoms. The number of hydrogen-bond donors (Lipinski definition) is 1. The molecule has 3 nitrogen and oxygen atoms in total. The van der Waals surface area contributed by atoms with E-state index in [4.69, 9.17) is 16.3 Å². The van der Waals surface area contributed by atoms with Gasteiger partial charge < -0.3 is 10.1 Å². The Morgan fingerprint density at radius 3 is 2.75 bits per heavy atom. The average Bonchev–Trinajstić information content (AvgIpc) is 2.44. The molecule has 5 heteroatoms. The van der Waals surface area contributed by atoms with Crippen LogP contribution in [-0.2, 0) is 0 Å². The third-order valence-electron chi connectivity index (χ3n) is 2.57. The highest BCUT2D eigenvalue weighted by atomic mass is 35.5. The smallest absolute Gasteiger partial charge is 0.252 e. The standard InChI is InChI=1S/C15H13ClFNO2/c16-14-7-2-1-6-13(14)15(19)18-8-9-20-12-5-3-4-11(17)10-12/h1-7,10H,8-9H2,(H,18,19). The lowest BCUT2D eigenvalue weighted by molar-refractivity contribution is 0.0947. The Balaban J connectivity index is 1.79. The van der Waals surface area contributed by atoms with Crippen molar-refractivity contribution in [2.24, 2.45) is 0 Å². The van der Waals surface area contributed by atoms with Crippen LogP contribution in [0.5, 0.6) is 5.75 Å². The van der Waals surface area contributed by atoms with E-state index in [0.29, 0.717) is 22.9 Å². The lowest BCUT2D eigenvalue weighted by Gasteiger charge is -2.08. The van der Waals surface area contributed by atoms with Gasteiger partial charge in [0.1, 0.15) is 18.2 Å². The molecule has 0 aliphatic rings. The molecule has 1 amide bonds. The Kier molecular flexibility index (Phi) is 4.96. The largest absolute Gasteiger partial charge is 0.492 e. The second-order valence-electron chi connectivity index (χ2n) is 4.04. The lowest BCUT2D eigenvalue weighted by atomic mass is 10.2. The molecule has 104 valence electrons. The highest BCUT2D eigenvalue weighted by Gasteiger charge is 2.08. The number of nitrogens with one attached hydrogen (secondary N) is 1. The van der Waals surface area contributed by atoms with E-state index in [1.54, 1.807) is 36.4 Å². The van der Waals surface area contributed by atoms with Gasteiger partial charge in [0.05, 0.1) is 17.1 Å². The molecular weight excluding hydrogens is 281 g/mol. The molecule has 1 N–H and O–H groups in total. The third kappa shape index (κ3) is 3.96. The fraction of sp³-hybridized carbons (Fsp3) is 0.133. The molecule has 0 spiro atoms. The summed E-state index contributed by atoms with van der Waals surface area (Å²) in [6.07, 6.45) is 0. The molecule has 0 saturated carbocycles. The lowest BCUT2D eigenvalue weighted by Crippen LogP contribution is -2.28. The molecule has 0 saturated heterocycles. The molecule has 0 radical (unpaired) electrons. The van der Waals surface area contributed by atoms with Crippen molar-refractivity contribution in [3.63, 3.8) is 0 Å². The van der Waals surface area contributed by atoms with E-state index in [0.717, 1.165) is 0 Å². The minimum Gasteiger partial charge on any atom is -0.492 e. The van der Waals surface area contributed by atoms with Crippen LogP contribution in [0, 0.1) is 5.82 Å². The summed E-state index contributed by atoms with van der Waals surface area (Å²) < 4.78 is 18.2. The highest BCUT2D eigenvalue weighted by Crippen LogP contribution is 2.14. The average molecular weight is 294 g/mol. The van der Waals surface area contributed by atoms with Crippen LogP contribution < -0.4 is 10.1 Å². The Bertz CT molecular complexity index is 604. The number of carbonyl (C=O) groups excluding carboxylic acids is 1. The predicted octanol–water partition coefficient (Wildman–Crippen LogP) is 3.29. The second kappa shape index (κ2) is 6.91. The predicted molar refractivity (Wildman–Crippen MR) is 75.7 cm³/mol. The van der Waals surface area contributed by atoms with Gasteiger partial charge in [-0.15, -0.1) is 0 Å². The number of carbonyl (C=O) groups is 1. The van der Waals surface area contributed by atoms with Gasteiger partial charge in [-0.1, -0.05) is 29.8 Å². The van der Waals surface area contributed by atoms with Crippen LogP contribution >= 0.6 is 11.6 Å². The van der Waals surface area contributed by atoms with Crippen LogP contribution in [0.15, 0.2) is 48.5 Å². The van der Waals surface area contributed by atoms with Crippen LogP contribution in [0.1, 0.15) is 10.4 Å². The van der Waals surface area contributed by atoms with E-state index in [1.165, 1.54) is 12.1 Å². The third-order valence-corrected chi connectivity index (χ3v) is 2.90. The van der Waals surface area contributed by atoms with Crippen molar-refractivity contribution in [2.45, 2.75) is 0 Å². The van der Waals surface area contributed by atoms with E-state index in [1.807, 2.05) is 0 Å². The normalized spacial score (nSPS) is 10.1. The maximum Gasteiger partial charge on any atom is 0.252 e. The van der Waals surface area contributed by atoms with Gasteiger partial charge in [0, 0.05) is 6.07 Å². The first-order valence-corrected chi connectivity index (χ1v) is 6.46. The summed E-state index contributed by atoms with van der Waals surface area (Å²) in [5.41, 5.74) is 0.417. The Hall–Kier alpha value is -2.07. The Morgan fingerprint density at radius 1 is 1.20 bits per heavy atom. The van der Waals surface area contributed by atoms with Crippen molar-refractivity contribution in [3.05, 3.63) is 64.9 Å². The number of rotatable bonds is 5. The van der Waals surface area contributed by atoms with Crippen LogP contribution in [-0.4, -0.2) is 19.1 Å². The molecule has 0 aliphatic heterocycles. The summed E-state index contributed by atoms with van der Waals surface area (Å²) in [5, 5.41) is 3.08. The summed E-state index contributed by atoms with van der Waals surface area (Å²) in [4.78, 5) is 11.8. The fourth-order valence-electron chi connectivity index (χ4n) is 1.63. The summed E-state index contributed by atoms with van der Waals surface area (Å²) in [6, 6.07) is 12.6. The molecule has 2 aromatic carbocycles. The van der Waals surface area contributed by atoms with Crippen LogP contribution in [0.3, 0.4) is 0 Å². The Morgan fingerprint density at radius 2 is 2.00 bits per heavy atom. The molecule has 2 aromatic rings. The molecule has 0 atom stereocenters. The van der Waals surface area contributed by atoms with Crippen molar-refractivity contribution >= 4 is 17.5 Å². The minimum atomic E-state index is -0.359. The first-order chi connectivity index (χ1) is 9.66. The first-order valence-electron chi connectivity index (χ1n) is 6.08. The molecule has 0 aliphatic carbocycles. The zero-order valence-electron chi connectivity index (χ0n) is 10.6. The first kappa shape index (κ1) is 14.3. The second-order valence-corrected chi connectivity index (χ2v) is 4.45. The van der Waals surface area contributed by atoms with Crippen LogP contribution in [0.2, 0.25) is 5.02 Å². The van der Waals surface area contributed by atoms with Crippen molar-refractivity contribution in [3.8, 4) is 5.75 Å². The van der Waals surface area contributed by atoms with Gasteiger partial charge in [-0.3, -0.25) is 4.79 Å². The van der Waals surface area contributed by atoms with Gasteiger partial charge in [-0.25, -0.2) is 4.39 Å². The van der Waals surface area contributed by atoms with Crippen LogP contribution in [0.25, 0.3) is 0 Å². The van der Waals surface area contributed by atoms with Gasteiger partial charge >= 0.3 is 0 Å². The summed E-state index contributed by atoms with van der Waals surface area (Å²) in [6.45, 7) is 0.556. The molecule has 0 bridgehead atoms. The van der Waals surface area contributed by atoms with Crippen molar-refractivity contribution in [2.75, 3.05) is 13.2 Å². The van der Waals surface area contributed by atoms with E-state index in [-0.39, 0.29) is 18.3 Å². The van der Waals surface area contributed by atoms with Gasteiger partial charge in [0.25, 0.3) is 5.91 Å². The molecule has 0 fully saturated rings. The van der Waals surface area contributed by atoms with E-state index < -0.39 is 0 Å². The van der Waals surface area contributed by atoms with Gasteiger partial charge in [-0.2, -0.15) is 0 Å². The molecule has 0 aromatic heterocycles. The maximum absolute atomic E-state index is 12.9. The summed E-state index contributed by atoms with van der Waals surface area (Å²) >= 11 is 5.91. The maximum atomic E-state index is 12.9.